The van der Waals surface area contributed by atoms with E-state index in [0.717, 1.165) is 17.7 Å². The van der Waals surface area contributed by atoms with Crippen LogP contribution in [0.5, 0.6) is 0 Å². The van der Waals surface area contributed by atoms with E-state index in [1.165, 1.54) is 33.6 Å². The molecule has 33 heavy (non-hydrogen) atoms. The van der Waals surface area contributed by atoms with E-state index in [0.29, 0.717) is 5.92 Å². The Morgan fingerprint density at radius 1 is 0.939 bits per heavy atom. The molecule has 2 aliphatic carbocycles. The van der Waals surface area contributed by atoms with Crippen molar-refractivity contribution in [1.82, 2.24) is 0 Å². The molecule has 3 aromatic carbocycles. The first-order valence-corrected chi connectivity index (χ1v) is 11.8. The highest BCUT2D eigenvalue weighted by Crippen LogP contribution is 2.54. The lowest BCUT2D eigenvalue weighted by molar-refractivity contribution is 0.609. The van der Waals surface area contributed by atoms with Crippen molar-refractivity contribution in [3.05, 3.63) is 138 Å². The number of nitrogens with zero attached hydrogens (tertiary/aromatic N) is 1. The minimum absolute atomic E-state index is 0.0337. The van der Waals surface area contributed by atoms with Gasteiger partial charge in [-0.15, -0.1) is 0 Å². The molecule has 1 unspecified atom stereocenters. The monoisotopic (exact) mass is 429 g/mol. The summed E-state index contributed by atoms with van der Waals surface area (Å²) in [4.78, 5) is 2.39. The van der Waals surface area contributed by atoms with Gasteiger partial charge in [0.1, 0.15) is 0 Å². The van der Waals surface area contributed by atoms with Crippen molar-refractivity contribution >= 4 is 16.9 Å². The molecule has 0 fully saturated rings. The predicted molar refractivity (Wildman–Crippen MR) is 142 cm³/mol. The van der Waals surface area contributed by atoms with Crippen molar-refractivity contribution in [3.8, 4) is 0 Å². The molecule has 1 atom stereocenters. The zero-order valence-corrected chi connectivity index (χ0v) is 19.8. The van der Waals surface area contributed by atoms with Gasteiger partial charge in [-0.05, 0) is 65.9 Å². The second kappa shape index (κ2) is 8.41. The molecule has 3 aromatic rings. The number of fused-ring (bicyclic) bond motifs is 3. The van der Waals surface area contributed by atoms with Crippen molar-refractivity contribution in [1.29, 1.82) is 0 Å². The van der Waals surface area contributed by atoms with Gasteiger partial charge < -0.3 is 4.90 Å². The molecule has 0 saturated heterocycles. The van der Waals surface area contributed by atoms with E-state index in [1.54, 1.807) is 0 Å². The van der Waals surface area contributed by atoms with Gasteiger partial charge in [-0.2, -0.15) is 0 Å². The van der Waals surface area contributed by atoms with Crippen molar-refractivity contribution < 1.29 is 0 Å². The summed E-state index contributed by atoms with van der Waals surface area (Å²) in [6.45, 7) is 10.8. The molecule has 0 radical (unpaired) electrons. The van der Waals surface area contributed by atoms with E-state index in [9.17, 15) is 0 Å². The molecule has 0 bridgehead atoms. The second-order valence-electron chi connectivity index (χ2n) is 9.40. The Kier molecular flexibility index (Phi) is 5.42. The van der Waals surface area contributed by atoms with Crippen LogP contribution in [0.1, 0.15) is 49.8 Å². The van der Waals surface area contributed by atoms with E-state index in [1.807, 2.05) is 6.08 Å². The molecular formula is C32H31N. The number of anilines is 2. The third-order valence-corrected chi connectivity index (χ3v) is 7.21. The Balaban J connectivity index is 1.63. The fourth-order valence-corrected chi connectivity index (χ4v) is 5.53. The number of benzene rings is 3. The first kappa shape index (κ1) is 21.3. The van der Waals surface area contributed by atoms with Crippen LogP contribution in [0.15, 0.2) is 121 Å². The maximum atomic E-state index is 4.00. The molecule has 0 aromatic heterocycles. The summed E-state index contributed by atoms with van der Waals surface area (Å²) in [5.41, 5.74) is 10.4. The second-order valence-corrected chi connectivity index (χ2v) is 9.40. The van der Waals surface area contributed by atoms with Crippen LogP contribution in [0.25, 0.3) is 5.57 Å². The van der Waals surface area contributed by atoms with Gasteiger partial charge in [0.25, 0.3) is 0 Å². The van der Waals surface area contributed by atoms with Gasteiger partial charge in [0, 0.05) is 28.4 Å². The third-order valence-electron chi connectivity index (χ3n) is 7.21. The summed E-state index contributed by atoms with van der Waals surface area (Å²) in [7, 11) is 0. The largest absolute Gasteiger partial charge is 0.311 e. The first-order chi connectivity index (χ1) is 16.0. The zero-order chi connectivity index (χ0) is 23.0. The van der Waals surface area contributed by atoms with Crippen LogP contribution >= 0.6 is 0 Å². The minimum atomic E-state index is 0.0337. The highest BCUT2D eigenvalue weighted by atomic mass is 15.1. The number of rotatable bonds is 5. The summed E-state index contributed by atoms with van der Waals surface area (Å²) in [6, 6.07) is 28.4. The fourth-order valence-electron chi connectivity index (χ4n) is 5.53. The Morgan fingerprint density at radius 3 is 2.42 bits per heavy atom. The standard InChI is InChI=1S/C32H31N/c1-5-23(6-2)24-13-12-16-26(21-24)33(25-14-8-7-9-15-25)27-19-20-29-28-17-10-11-18-30(28)32(3,4)31(29)22-27/h5-19,21-22,29H,1,20H2,2-4H3/b23-6+. The molecule has 0 amide bonds. The van der Waals surface area contributed by atoms with Crippen molar-refractivity contribution in [2.24, 2.45) is 0 Å². The Labute approximate surface area is 198 Å². The third kappa shape index (κ3) is 3.58. The van der Waals surface area contributed by atoms with Crippen LogP contribution in [0.2, 0.25) is 0 Å². The SMILES string of the molecule is C=C/C(=C\C)c1cccc(N(C2=CCC3C(=C2)C(C)(C)c2ccccc23)c2ccccc2)c1. The average molecular weight is 430 g/mol. The molecule has 0 aliphatic heterocycles. The summed E-state index contributed by atoms with van der Waals surface area (Å²) in [5, 5.41) is 0. The lowest BCUT2D eigenvalue weighted by Crippen LogP contribution is -2.22. The van der Waals surface area contributed by atoms with E-state index in [2.05, 4.69) is 129 Å². The quantitative estimate of drug-likeness (QED) is 0.367. The van der Waals surface area contributed by atoms with Gasteiger partial charge in [-0.25, -0.2) is 0 Å². The van der Waals surface area contributed by atoms with E-state index in [-0.39, 0.29) is 5.41 Å². The maximum absolute atomic E-state index is 4.00. The summed E-state index contributed by atoms with van der Waals surface area (Å²) >= 11 is 0. The normalized spacial score (nSPS) is 18.6. The van der Waals surface area contributed by atoms with Crippen LogP contribution in [0.4, 0.5) is 11.4 Å². The fraction of sp³-hybridized carbons (Fsp3) is 0.188. The maximum Gasteiger partial charge on any atom is 0.0467 e. The number of hydrogen-bond acceptors (Lipinski definition) is 1. The van der Waals surface area contributed by atoms with Gasteiger partial charge in [0.05, 0.1) is 0 Å². The number of para-hydroxylation sites is 1. The Morgan fingerprint density at radius 2 is 1.67 bits per heavy atom. The molecular weight excluding hydrogens is 398 g/mol. The number of hydrogen-bond donors (Lipinski definition) is 0. The molecule has 0 N–H and O–H groups in total. The average Bonchev–Trinajstić information content (AvgIpc) is 3.08. The van der Waals surface area contributed by atoms with Crippen molar-refractivity contribution in [2.45, 2.75) is 38.5 Å². The van der Waals surface area contributed by atoms with Crippen molar-refractivity contribution in [2.75, 3.05) is 4.90 Å². The lowest BCUT2D eigenvalue weighted by Gasteiger charge is -2.33. The Hall–Kier alpha value is -3.58. The molecule has 164 valence electrons. The van der Waals surface area contributed by atoms with E-state index in [4.69, 9.17) is 0 Å². The topological polar surface area (TPSA) is 3.24 Å². The van der Waals surface area contributed by atoms with Gasteiger partial charge >= 0.3 is 0 Å². The predicted octanol–water partition coefficient (Wildman–Crippen LogP) is 8.70. The smallest absolute Gasteiger partial charge is 0.0467 e. The van der Waals surface area contributed by atoms with Crippen LogP contribution < -0.4 is 4.90 Å². The highest BCUT2D eigenvalue weighted by molar-refractivity contribution is 5.79. The molecule has 5 rings (SSSR count). The lowest BCUT2D eigenvalue weighted by atomic mass is 9.78. The molecule has 1 nitrogen and oxygen atoms in total. The molecule has 0 saturated carbocycles. The van der Waals surface area contributed by atoms with E-state index >= 15 is 0 Å². The van der Waals surface area contributed by atoms with Crippen LogP contribution in [0, 0.1) is 0 Å². The molecule has 0 heterocycles. The van der Waals surface area contributed by atoms with Gasteiger partial charge in [-0.3, -0.25) is 0 Å². The minimum Gasteiger partial charge on any atom is -0.311 e. The highest BCUT2D eigenvalue weighted by Gasteiger charge is 2.42. The molecule has 2 aliphatic rings. The van der Waals surface area contributed by atoms with Gasteiger partial charge in [-0.1, -0.05) is 98.8 Å². The van der Waals surface area contributed by atoms with Gasteiger partial charge in [0.2, 0.25) is 0 Å². The van der Waals surface area contributed by atoms with Gasteiger partial charge in [0.15, 0.2) is 0 Å². The van der Waals surface area contributed by atoms with E-state index < -0.39 is 0 Å². The number of allylic oxidation sites excluding steroid dienone is 6. The summed E-state index contributed by atoms with van der Waals surface area (Å²) < 4.78 is 0. The Bertz CT molecular complexity index is 1290. The summed E-state index contributed by atoms with van der Waals surface area (Å²) in [6.07, 6.45) is 9.92. The first-order valence-electron chi connectivity index (χ1n) is 11.8. The van der Waals surface area contributed by atoms with Crippen LogP contribution in [0.3, 0.4) is 0 Å². The molecule has 0 spiro atoms. The summed E-state index contributed by atoms with van der Waals surface area (Å²) in [5.74, 6) is 0.472. The van der Waals surface area contributed by atoms with Crippen LogP contribution in [-0.2, 0) is 5.41 Å². The zero-order valence-electron chi connectivity index (χ0n) is 19.8. The van der Waals surface area contributed by atoms with Crippen molar-refractivity contribution in [3.63, 3.8) is 0 Å². The molecule has 1 heteroatoms. The van der Waals surface area contributed by atoms with Crippen LogP contribution in [-0.4, -0.2) is 0 Å².